The highest BCUT2D eigenvalue weighted by atomic mass is 32.2. The summed E-state index contributed by atoms with van der Waals surface area (Å²) >= 11 is 1.65. The van der Waals surface area contributed by atoms with Crippen LogP contribution in [0.25, 0.3) is 0 Å². The van der Waals surface area contributed by atoms with E-state index in [4.69, 9.17) is 4.74 Å². The van der Waals surface area contributed by atoms with Gasteiger partial charge in [-0.3, -0.25) is 4.57 Å². The molecule has 0 atom stereocenters. The van der Waals surface area contributed by atoms with E-state index in [0.29, 0.717) is 18.3 Å². The van der Waals surface area contributed by atoms with Gasteiger partial charge in [0.05, 0.1) is 0 Å². The number of nitrogens with zero attached hydrogens (tertiary/aromatic N) is 3. The van der Waals surface area contributed by atoms with Crippen LogP contribution in [0.15, 0.2) is 42.1 Å². The molecule has 2 aromatic rings. The molecule has 0 aliphatic heterocycles. The van der Waals surface area contributed by atoms with Crippen molar-refractivity contribution >= 4 is 11.8 Å². The van der Waals surface area contributed by atoms with Gasteiger partial charge in [0.2, 0.25) is 0 Å². The van der Waals surface area contributed by atoms with E-state index in [1.807, 2.05) is 4.57 Å². The number of hydrogen-bond donors (Lipinski definition) is 0. The molecule has 0 N–H and O–H groups in total. The van der Waals surface area contributed by atoms with E-state index in [2.05, 4.69) is 30.6 Å². The molecule has 1 aromatic carbocycles. The summed E-state index contributed by atoms with van der Waals surface area (Å²) in [6.45, 7) is 8.84. The number of benzene rings is 1. The van der Waals surface area contributed by atoms with Gasteiger partial charge >= 0.3 is 0 Å². The van der Waals surface area contributed by atoms with Crippen LogP contribution in [0.3, 0.4) is 0 Å². The number of para-hydroxylation sites is 1. The minimum Gasteiger partial charge on any atom is -0.483 e. The fourth-order valence-corrected chi connectivity index (χ4v) is 2.71. The van der Waals surface area contributed by atoms with Crippen molar-refractivity contribution in [3.05, 3.63) is 48.6 Å². The molecule has 4 nitrogen and oxygen atoms in total. The zero-order valence-corrected chi connectivity index (χ0v) is 13.6. The van der Waals surface area contributed by atoms with E-state index in [1.54, 1.807) is 36.0 Å². The van der Waals surface area contributed by atoms with Gasteiger partial charge in [0.25, 0.3) is 0 Å². The van der Waals surface area contributed by atoms with Crippen LogP contribution in [0.1, 0.15) is 19.7 Å². The Morgan fingerprint density at radius 1 is 1.36 bits per heavy atom. The zero-order valence-electron chi connectivity index (χ0n) is 12.8. The SMILES string of the molecule is C=CCn1c(COc2ccccc2F)nnc1SCC(C)C. The maximum absolute atomic E-state index is 13.6. The molecule has 0 amide bonds. The third-order valence-corrected chi connectivity index (χ3v) is 4.24. The lowest BCUT2D eigenvalue weighted by Gasteiger charge is -2.10. The van der Waals surface area contributed by atoms with Crippen molar-refractivity contribution in [1.29, 1.82) is 0 Å². The summed E-state index contributed by atoms with van der Waals surface area (Å²) in [5.41, 5.74) is 0. The third-order valence-electron chi connectivity index (χ3n) is 2.84. The Labute approximate surface area is 134 Å². The lowest BCUT2D eigenvalue weighted by Crippen LogP contribution is -2.08. The molecule has 0 aliphatic rings. The van der Waals surface area contributed by atoms with Crippen molar-refractivity contribution < 1.29 is 9.13 Å². The van der Waals surface area contributed by atoms with E-state index in [0.717, 1.165) is 10.9 Å². The topological polar surface area (TPSA) is 39.9 Å². The molecule has 0 spiro atoms. The molecule has 0 fully saturated rings. The van der Waals surface area contributed by atoms with Crippen LogP contribution >= 0.6 is 11.8 Å². The Morgan fingerprint density at radius 3 is 2.82 bits per heavy atom. The standard InChI is InChI=1S/C16H20FN3OS/c1-4-9-20-15(18-19-16(20)22-11-12(2)3)10-21-14-8-6-5-7-13(14)17/h4-8,12H,1,9-11H2,2-3H3. The number of hydrogen-bond acceptors (Lipinski definition) is 4. The van der Waals surface area contributed by atoms with E-state index >= 15 is 0 Å². The molecule has 22 heavy (non-hydrogen) atoms. The number of ether oxygens (including phenoxy) is 1. The molecular formula is C16H20FN3OS. The minimum atomic E-state index is -0.383. The van der Waals surface area contributed by atoms with Gasteiger partial charge in [0.15, 0.2) is 22.5 Å². The van der Waals surface area contributed by atoms with Crippen molar-refractivity contribution in [3.63, 3.8) is 0 Å². The van der Waals surface area contributed by atoms with Gasteiger partial charge in [-0.1, -0.05) is 43.8 Å². The molecule has 1 aromatic heterocycles. The first-order valence-corrected chi connectivity index (χ1v) is 8.13. The second kappa shape index (κ2) is 7.98. The zero-order chi connectivity index (χ0) is 15.9. The molecule has 6 heteroatoms. The number of allylic oxidation sites excluding steroid dienone is 1. The van der Waals surface area contributed by atoms with Gasteiger partial charge in [-0.05, 0) is 18.1 Å². The predicted molar refractivity (Wildman–Crippen MR) is 86.5 cm³/mol. The van der Waals surface area contributed by atoms with Crippen molar-refractivity contribution in [1.82, 2.24) is 14.8 Å². The van der Waals surface area contributed by atoms with Crippen LogP contribution in [0, 0.1) is 11.7 Å². The number of aromatic nitrogens is 3. The highest BCUT2D eigenvalue weighted by Crippen LogP contribution is 2.21. The molecule has 118 valence electrons. The predicted octanol–water partition coefficient (Wildman–Crippen LogP) is 3.93. The summed E-state index contributed by atoms with van der Waals surface area (Å²) in [5, 5.41) is 9.18. The van der Waals surface area contributed by atoms with Gasteiger partial charge in [-0.25, -0.2) is 4.39 Å². The average Bonchev–Trinajstić information content (AvgIpc) is 2.87. The summed E-state index contributed by atoms with van der Waals surface area (Å²) in [6, 6.07) is 6.32. The summed E-state index contributed by atoms with van der Waals surface area (Å²) in [6.07, 6.45) is 1.79. The molecular weight excluding hydrogens is 301 g/mol. The van der Waals surface area contributed by atoms with Crippen LogP contribution in [-0.2, 0) is 13.2 Å². The second-order valence-corrected chi connectivity index (χ2v) is 6.21. The molecule has 0 saturated heterocycles. The fourth-order valence-electron chi connectivity index (χ4n) is 1.79. The van der Waals surface area contributed by atoms with Crippen molar-refractivity contribution in [2.45, 2.75) is 32.2 Å². The van der Waals surface area contributed by atoms with Gasteiger partial charge in [-0.15, -0.1) is 16.8 Å². The van der Waals surface area contributed by atoms with E-state index in [1.165, 1.54) is 6.07 Å². The summed E-state index contributed by atoms with van der Waals surface area (Å²) in [4.78, 5) is 0. The minimum absolute atomic E-state index is 0.171. The highest BCUT2D eigenvalue weighted by molar-refractivity contribution is 7.99. The van der Waals surface area contributed by atoms with E-state index < -0.39 is 0 Å². The van der Waals surface area contributed by atoms with Crippen molar-refractivity contribution in [2.75, 3.05) is 5.75 Å². The molecule has 0 unspecified atom stereocenters. The van der Waals surface area contributed by atoms with Gasteiger partial charge < -0.3 is 4.74 Å². The molecule has 2 rings (SSSR count). The van der Waals surface area contributed by atoms with Gasteiger partial charge in [0, 0.05) is 12.3 Å². The third kappa shape index (κ3) is 4.34. The smallest absolute Gasteiger partial charge is 0.191 e. The lowest BCUT2D eigenvalue weighted by atomic mass is 10.3. The number of halogens is 1. The first-order chi connectivity index (χ1) is 10.6. The molecule has 0 saturated carbocycles. The average molecular weight is 321 g/mol. The Hall–Kier alpha value is -1.82. The number of rotatable bonds is 8. The maximum atomic E-state index is 13.6. The lowest BCUT2D eigenvalue weighted by molar-refractivity contribution is 0.275. The first kappa shape index (κ1) is 16.5. The number of thioether (sulfide) groups is 1. The Morgan fingerprint density at radius 2 is 2.14 bits per heavy atom. The summed E-state index contributed by atoms with van der Waals surface area (Å²) < 4.78 is 21.0. The fraction of sp³-hybridized carbons (Fsp3) is 0.375. The molecule has 0 aliphatic carbocycles. The van der Waals surface area contributed by atoms with Gasteiger partial charge in [-0.2, -0.15) is 0 Å². The monoisotopic (exact) mass is 321 g/mol. The van der Waals surface area contributed by atoms with Crippen molar-refractivity contribution in [3.8, 4) is 5.75 Å². The van der Waals surface area contributed by atoms with Crippen LogP contribution in [0.5, 0.6) is 5.75 Å². The quantitative estimate of drug-likeness (QED) is 0.545. The summed E-state index contributed by atoms with van der Waals surface area (Å²) in [5.74, 6) is 2.02. The first-order valence-electron chi connectivity index (χ1n) is 7.15. The van der Waals surface area contributed by atoms with Crippen LogP contribution < -0.4 is 4.74 Å². The Bertz CT molecular complexity index is 628. The Balaban J connectivity index is 2.09. The maximum Gasteiger partial charge on any atom is 0.191 e. The van der Waals surface area contributed by atoms with Crippen molar-refractivity contribution in [2.24, 2.45) is 5.92 Å². The molecule has 0 bridgehead atoms. The Kier molecular flexibility index (Phi) is 6.00. The molecule has 0 radical (unpaired) electrons. The van der Waals surface area contributed by atoms with Crippen LogP contribution in [0.2, 0.25) is 0 Å². The van der Waals surface area contributed by atoms with Crippen LogP contribution in [0.4, 0.5) is 4.39 Å². The summed E-state index contributed by atoms with van der Waals surface area (Å²) in [7, 11) is 0. The van der Waals surface area contributed by atoms with E-state index in [-0.39, 0.29) is 18.2 Å². The van der Waals surface area contributed by atoms with E-state index in [9.17, 15) is 4.39 Å². The molecule has 1 heterocycles. The second-order valence-electron chi connectivity index (χ2n) is 5.22. The van der Waals surface area contributed by atoms with Gasteiger partial charge in [0.1, 0.15) is 6.61 Å². The highest BCUT2D eigenvalue weighted by Gasteiger charge is 2.13. The van der Waals surface area contributed by atoms with Crippen LogP contribution in [-0.4, -0.2) is 20.5 Å². The largest absolute Gasteiger partial charge is 0.483 e. The normalized spacial score (nSPS) is 10.9.